The maximum atomic E-state index is 14.2. The summed E-state index contributed by atoms with van der Waals surface area (Å²) in [6, 6.07) is 14.3. The lowest BCUT2D eigenvalue weighted by molar-refractivity contribution is -0.122. The van der Waals surface area contributed by atoms with Crippen molar-refractivity contribution in [2.24, 2.45) is 0 Å². The Morgan fingerprint density at radius 2 is 2.00 bits per heavy atom. The third kappa shape index (κ3) is 3.29. The number of nitrogens with one attached hydrogen (secondary N) is 1. The highest BCUT2D eigenvalue weighted by molar-refractivity contribution is 5.80. The second kappa shape index (κ2) is 7.16. The molecule has 1 aliphatic carbocycles. The van der Waals surface area contributed by atoms with Gasteiger partial charge in [-0.2, -0.15) is 10.2 Å². The normalized spacial score (nSPS) is 16.0. The lowest BCUT2D eigenvalue weighted by atomic mass is 9.93. The number of benzene rings is 2. The Balaban J connectivity index is 1.35. The number of hydrogen-bond donors (Lipinski definition) is 1. The zero-order valence-corrected chi connectivity index (χ0v) is 15.8. The average Bonchev–Trinajstić information content (AvgIpc) is 3.32. The van der Waals surface area contributed by atoms with E-state index in [1.54, 1.807) is 33.8 Å². The molecule has 1 amide bonds. The monoisotopic (exact) mass is 389 g/mol. The van der Waals surface area contributed by atoms with Gasteiger partial charge >= 0.3 is 0 Å². The minimum absolute atomic E-state index is 0.103. The van der Waals surface area contributed by atoms with Crippen LogP contribution in [-0.4, -0.2) is 25.5 Å². The van der Waals surface area contributed by atoms with E-state index in [0.29, 0.717) is 5.69 Å². The SMILES string of the molecule is O=C(Cn1cc2ccccc2n1)N[C@H]1CCCc2c1cnn2-c1ccccc1F. The number of aromatic nitrogens is 4. The molecule has 2 aromatic heterocycles. The maximum Gasteiger partial charge on any atom is 0.242 e. The molecule has 2 aromatic carbocycles. The van der Waals surface area contributed by atoms with Crippen LogP contribution in [-0.2, 0) is 17.8 Å². The topological polar surface area (TPSA) is 64.7 Å². The first kappa shape index (κ1) is 17.6. The summed E-state index contributed by atoms with van der Waals surface area (Å²) in [6.07, 6.45) is 6.17. The average molecular weight is 389 g/mol. The molecule has 0 fully saturated rings. The van der Waals surface area contributed by atoms with Gasteiger partial charge in [0.2, 0.25) is 5.91 Å². The smallest absolute Gasteiger partial charge is 0.242 e. The van der Waals surface area contributed by atoms with Crippen molar-refractivity contribution in [2.75, 3.05) is 0 Å². The first-order chi connectivity index (χ1) is 14.2. The van der Waals surface area contributed by atoms with E-state index < -0.39 is 0 Å². The molecule has 0 unspecified atom stereocenters. The number of para-hydroxylation sites is 1. The fraction of sp³-hybridized carbons (Fsp3) is 0.227. The van der Waals surface area contributed by atoms with Gasteiger partial charge in [-0.05, 0) is 37.5 Å². The van der Waals surface area contributed by atoms with Crippen LogP contribution >= 0.6 is 0 Å². The molecule has 4 aromatic rings. The van der Waals surface area contributed by atoms with Crippen LogP contribution in [0.4, 0.5) is 4.39 Å². The Morgan fingerprint density at radius 1 is 1.17 bits per heavy atom. The molecule has 0 spiro atoms. The van der Waals surface area contributed by atoms with Gasteiger partial charge in [0.1, 0.15) is 18.0 Å². The molecule has 5 rings (SSSR count). The summed E-state index contributed by atoms with van der Waals surface area (Å²) in [4.78, 5) is 12.6. The van der Waals surface area contributed by atoms with E-state index in [9.17, 15) is 9.18 Å². The number of carbonyl (C=O) groups excluding carboxylic acids is 1. The fourth-order valence-corrected chi connectivity index (χ4v) is 4.02. The van der Waals surface area contributed by atoms with Crippen LogP contribution < -0.4 is 5.32 Å². The Kier molecular flexibility index (Phi) is 4.35. The predicted molar refractivity (Wildman–Crippen MR) is 107 cm³/mol. The summed E-state index contributed by atoms with van der Waals surface area (Å²) < 4.78 is 17.5. The summed E-state index contributed by atoms with van der Waals surface area (Å²) in [5, 5.41) is 13.0. The standard InChI is InChI=1S/C22H20FN5O/c23-17-7-2-4-10-21(17)28-20-11-5-9-19(16(20)12-24-28)25-22(29)14-27-13-15-6-1-3-8-18(15)26-27/h1-4,6-8,10,12-13,19H,5,9,11,14H2,(H,25,29)/t19-/m0/s1. The van der Waals surface area contributed by atoms with Crippen LogP contribution in [0.1, 0.15) is 30.1 Å². The van der Waals surface area contributed by atoms with E-state index in [-0.39, 0.29) is 24.3 Å². The number of hydrogen-bond acceptors (Lipinski definition) is 3. The molecule has 2 heterocycles. The number of nitrogens with zero attached hydrogens (tertiary/aromatic N) is 4. The Labute approximate surface area is 167 Å². The second-order valence-corrected chi connectivity index (χ2v) is 7.31. The van der Waals surface area contributed by atoms with Crippen LogP contribution in [0.2, 0.25) is 0 Å². The van der Waals surface area contributed by atoms with Gasteiger partial charge in [0.15, 0.2) is 0 Å². The molecular formula is C22H20FN5O. The van der Waals surface area contributed by atoms with Gasteiger partial charge < -0.3 is 5.32 Å². The van der Waals surface area contributed by atoms with Crippen molar-refractivity contribution >= 4 is 16.8 Å². The highest BCUT2D eigenvalue weighted by atomic mass is 19.1. The zero-order chi connectivity index (χ0) is 19.8. The Morgan fingerprint density at radius 3 is 2.86 bits per heavy atom. The first-order valence-electron chi connectivity index (χ1n) is 9.72. The van der Waals surface area contributed by atoms with Gasteiger partial charge in [0.05, 0.1) is 17.8 Å². The largest absolute Gasteiger partial charge is 0.348 e. The van der Waals surface area contributed by atoms with E-state index in [1.165, 1.54) is 6.07 Å². The lowest BCUT2D eigenvalue weighted by Crippen LogP contribution is -2.33. The number of halogens is 1. The highest BCUT2D eigenvalue weighted by Crippen LogP contribution is 2.31. The van der Waals surface area contributed by atoms with Crippen molar-refractivity contribution in [2.45, 2.75) is 31.8 Å². The summed E-state index contributed by atoms with van der Waals surface area (Å²) in [5.74, 6) is -0.412. The number of carbonyl (C=O) groups is 1. The molecular weight excluding hydrogens is 369 g/mol. The van der Waals surface area contributed by atoms with E-state index >= 15 is 0 Å². The molecule has 0 radical (unpaired) electrons. The Bertz CT molecular complexity index is 1160. The van der Waals surface area contributed by atoms with Gasteiger partial charge in [-0.15, -0.1) is 0 Å². The molecule has 146 valence electrons. The highest BCUT2D eigenvalue weighted by Gasteiger charge is 2.26. The minimum Gasteiger partial charge on any atom is -0.348 e. The van der Waals surface area contributed by atoms with Crippen molar-refractivity contribution in [1.82, 2.24) is 24.9 Å². The van der Waals surface area contributed by atoms with E-state index in [0.717, 1.165) is 41.4 Å². The lowest BCUT2D eigenvalue weighted by Gasteiger charge is -2.24. The molecule has 1 aliphatic rings. The van der Waals surface area contributed by atoms with Crippen molar-refractivity contribution in [3.8, 4) is 5.69 Å². The van der Waals surface area contributed by atoms with Gasteiger partial charge in [0.25, 0.3) is 0 Å². The minimum atomic E-state index is -0.310. The van der Waals surface area contributed by atoms with E-state index in [4.69, 9.17) is 0 Å². The van der Waals surface area contributed by atoms with E-state index in [2.05, 4.69) is 15.5 Å². The maximum absolute atomic E-state index is 14.2. The summed E-state index contributed by atoms with van der Waals surface area (Å²) in [5.41, 5.74) is 3.21. The molecule has 0 saturated carbocycles. The van der Waals surface area contributed by atoms with Crippen molar-refractivity contribution < 1.29 is 9.18 Å². The number of amides is 1. The van der Waals surface area contributed by atoms with Crippen molar-refractivity contribution in [1.29, 1.82) is 0 Å². The summed E-state index contributed by atoms with van der Waals surface area (Å²) >= 11 is 0. The molecule has 0 bridgehead atoms. The fourth-order valence-electron chi connectivity index (χ4n) is 4.02. The van der Waals surface area contributed by atoms with Gasteiger partial charge in [0, 0.05) is 22.8 Å². The van der Waals surface area contributed by atoms with E-state index in [1.807, 2.05) is 30.5 Å². The van der Waals surface area contributed by atoms with Crippen LogP contribution in [0.5, 0.6) is 0 Å². The molecule has 1 atom stereocenters. The van der Waals surface area contributed by atoms with Crippen LogP contribution in [0.15, 0.2) is 60.9 Å². The molecule has 0 aliphatic heterocycles. The summed E-state index contributed by atoms with van der Waals surface area (Å²) in [6.45, 7) is 0.155. The second-order valence-electron chi connectivity index (χ2n) is 7.31. The molecule has 7 heteroatoms. The predicted octanol–water partition coefficient (Wildman–Crippen LogP) is 3.55. The van der Waals surface area contributed by atoms with Gasteiger partial charge in [-0.1, -0.05) is 30.3 Å². The molecule has 1 N–H and O–H groups in total. The third-order valence-electron chi connectivity index (χ3n) is 5.37. The quantitative estimate of drug-likeness (QED) is 0.581. The third-order valence-corrected chi connectivity index (χ3v) is 5.37. The van der Waals surface area contributed by atoms with Crippen LogP contribution in [0, 0.1) is 5.82 Å². The van der Waals surface area contributed by atoms with Crippen LogP contribution in [0.3, 0.4) is 0 Å². The van der Waals surface area contributed by atoms with Crippen molar-refractivity contribution in [3.05, 3.63) is 78.0 Å². The number of fused-ring (bicyclic) bond motifs is 2. The van der Waals surface area contributed by atoms with Gasteiger partial charge in [-0.25, -0.2) is 9.07 Å². The van der Waals surface area contributed by atoms with Crippen molar-refractivity contribution in [3.63, 3.8) is 0 Å². The molecule has 6 nitrogen and oxygen atoms in total. The first-order valence-corrected chi connectivity index (χ1v) is 9.72. The molecule has 29 heavy (non-hydrogen) atoms. The van der Waals surface area contributed by atoms with Gasteiger partial charge in [-0.3, -0.25) is 9.48 Å². The zero-order valence-electron chi connectivity index (χ0n) is 15.8. The molecule has 0 saturated heterocycles. The Hall–Kier alpha value is -3.48. The van der Waals surface area contributed by atoms with Crippen LogP contribution in [0.25, 0.3) is 16.6 Å². The number of rotatable bonds is 4. The summed E-state index contributed by atoms with van der Waals surface area (Å²) in [7, 11) is 0.